The van der Waals surface area contributed by atoms with Gasteiger partial charge in [-0.2, -0.15) is 0 Å². The van der Waals surface area contributed by atoms with Crippen molar-refractivity contribution in [3.8, 4) is 0 Å². The molecule has 0 atom stereocenters. The van der Waals surface area contributed by atoms with Crippen LogP contribution < -0.4 is 16.0 Å². The van der Waals surface area contributed by atoms with E-state index in [1.807, 2.05) is 0 Å². The van der Waals surface area contributed by atoms with E-state index >= 15 is 0 Å². The van der Waals surface area contributed by atoms with Gasteiger partial charge in [0.05, 0.1) is 5.69 Å². The van der Waals surface area contributed by atoms with Crippen LogP contribution in [0.5, 0.6) is 0 Å². The SMILES string of the molecule is Nc1c(Nc2ccc(Br)cc2F)ncnc1N1CCCC1. The first-order valence-corrected chi connectivity index (χ1v) is 7.52. The zero-order valence-electron chi connectivity index (χ0n) is 11.3. The van der Waals surface area contributed by atoms with Crippen LogP contribution in [0, 0.1) is 5.82 Å². The van der Waals surface area contributed by atoms with Gasteiger partial charge < -0.3 is 16.0 Å². The highest BCUT2D eigenvalue weighted by atomic mass is 79.9. The topological polar surface area (TPSA) is 67.1 Å². The van der Waals surface area contributed by atoms with Crippen molar-refractivity contribution >= 4 is 38.9 Å². The number of nitrogens with zero attached hydrogens (tertiary/aromatic N) is 3. The quantitative estimate of drug-likeness (QED) is 0.887. The molecule has 0 saturated carbocycles. The summed E-state index contributed by atoms with van der Waals surface area (Å²) in [4.78, 5) is 10.5. The van der Waals surface area contributed by atoms with E-state index in [1.165, 1.54) is 12.4 Å². The van der Waals surface area contributed by atoms with Gasteiger partial charge in [0.15, 0.2) is 11.6 Å². The minimum Gasteiger partial charge on any atom is -0.393 e. The summed E-state index contributed by atoms with van der Waals surface area (Å²) in [5.41, 5.74) is 6.91. The highest BCUT2D eigenvalue weighted by molar-refractivity contribution is 9.10. The fraction of sp³-hybridized carbons (Fsp3) is 0.286. The number of nitrogen functional groups attached to an aromatic ring is 1. The molecule has 21 heavy (non-hydrogen) atoms. The fourth-order valence-electron chi connectivity index (χ4n) is 2.39. The summed E-state index contributed by atoms with van der Waals surface area (Å²) in [6, 6.07) is 4.78. The summed E-state index contributed by atoms with van der Waals surface area (Å²) >= 11 is 3.23. The van der Waals surface area contributed by atoms with Gasteiger partial charge in [-0.05, 0) is 31.0 Å². The Bertz CT molecular complexity index is 658. The second-order valence-electron chi connectivity index (χ2n) is 4.90. The Morgan fingerprint density at radius 1 is 1.24 bits per heavy atom. The Morgan fingerprint density at radius 3 is 2.71 bits per heavy atom. The third-order valence-corrected chi connectivity index (χ3v) is 3.95. The maximum absolute atomic E-state index is 13.9. The molecule has 0 bridgehead atoms. The van der Waals surface area contributed by atoms with Crippen molar-refractivity contribution in [1.29, 1.82) is 0 Å². The van der Waals surface area contributed by atoms with Crippen molar-refractivity contribution in [2.45, 2.75) is 12.8 Å². The average Bonchev–Trinajstić information content (AvgIpc) is 2.98. The lowest BCUT2D eigenvalue weighted by Crippen LogP contribution is -2.21. The molecule has 110 valence electrons. The Hall–Kier alpha value is -1.89. The lowest BCUT2D eigenvalue weighted by molar-refractivity contribution is 0.631. The summed E-state index contributed by atoms with van der Waals surface area (Å²) in [6.07, 6.45) is 3.71. The van der Waals surface area contributed by atoms with Gasteiger partial charge in [-0.3, -0.25) is 0 Å². The Morgan fingerprint density at radius 2 is 2.00 bits per heavy atom. The smallest absolute Gasteiger partial charge is 0.159 e. The molecule has 1 fully saturated rings. The van der Waals surface area contributed by atoms with E-state index in [9.17, 15) is 4.39 Å². The van der Waals surface area contributed by atoms with Gasteiger partial charge in [0.2, 0.25) is 0 Å². The molecule has 3 rings (SSSR count). The third kappa shape index (κ3) is 2.92. The Kier molecular flexibility index (Phi) is 3.92. The Labute approximate surface area is 130 Å². The molecule has 1 aliphatic heterocycles. The normalized spacial score (nSPS) is 14.5. The molecule has 0 spiro atoms. The number of rotatable bonds is 3. The Balaban J connectivity index is 1.90. The number of hydrogen-bond donors (Lipinski definition) is 2. The van der Waals surface area contributed by atoms with Gasteiger partial charge in [-0.15, -0.1) is 0 Å². The molecular formula is C14H15BrFN5. The first kappa shape index (κ1) is 14.1. The van der Waals surface area contributed by atoms with Crippen LogP contribution in [0.25, 0.3) is 0 Å². The van der Waals surface area contributed by atoms with Crippen molar-refractivity contribution in [2.24, 2.45) is 0 Å². The van der Waals surface area contributed by atoms with Crippen molar-refractivity contribution in [2.75, 3.05) is 29.0 Å². The lowest BCUT2D eigenvalue weighted by atomic mass is 10.3. The van der Waals surface area contributed by atoms with Crippen LogP contribution in [0.1, 0.15) is 12.8 Å². The zero-order valence-corrected chi connectivity index (χ0v) is 12.9. The van der Waals surface area contributed by atoms with E-state index in [1.54, 1.807) is 12.1 Å². The summed E-state index contributed by atoms with van der Waals surface area (Å²) in [7, 11) is 0. The van der Waals surface area contributed by atoms with Gasteiger partial charge in [0.1, 0.15) is 17.8 Å². The maximum Gasteiger partial charge on any atom is 0.159 e. The van der Waals surface area contributed by atoms with Crippen molar-refractivity contribution in [1.82, 2.24) is 9.97 Å². The summed E-state index contributed by atoms with van der Waals surface area (Å²) in [6.45, 7) is 1.88. The average molecular weight is 352 g/mol. The number of halogens is 2. The molecule has 2 heterocycles. The zero-order chi connectivity index (χ0) is 14.8. The van der Waals surface area contributed by atoms with Crippen molar-refractivity contribution < 1.29 is 4.39 Å². The van der Waals surface area contributed by atoms with Gasteiger partial charge in [0.25, 0.3) is 0 Å². The van der Waals surface area contributed by atoms with E-state index in [4.69, 9.17) is 5.73 Å². The molecule has 3 N–H and O–H groups in total. The van der Waals surface area contributed by atoms with Crippen LogP contribution in [0.2, 0.25) is 0 Å². The molecule has 0 aliphatic carbocycles. The predicted octanol–water partition coefficient (Wildman–Crippen LogP) is 3.30. The second-order valence-corrected chi connectivity index (χ2v) is 5.82. The number of hydrogen-bond acceptors (Lipinski definition) is 5. The fourth-order valence-corrected chi connectivity index (χ4v) is 2.72. The van der Waals surface area contributed by atoms with Crippen LogP contribution in [0.3, 0.4) is 0 Å². The van der Waals surface area contributed by atoms with E-state index < -0.39 is 0 Å². The number of anilines is 4. The van der Waals surface area contributed by atoms with E-state index in [0.29, 0.717) is 27.5 Å². The standard InChI is InChI=1S/C14H15BrFN5/c15-9-3-4-11(10(16)7-9)20-13-12(17)14(19-8-18-13)21-5-1-2-6-21/h3-4,7-8H,1-2,5-6,17H2,(H,18,19,20). The van der Waals surface area contributed by atoms with Gasteiger partial charge in [0, 0.05) is 17.6 Å². The minimum absolute atomic E-state index is 0.330. The molecule has 7 heteroatoms. The molecular weight excluding hydrogens is 337 g/mol. The highest BCUT2D eigenvalue weighted by Crippen LogP contribution is 2.31. The summed E-state index contributed by atoms with van der Waals surface area (Å²) in [5, 5.41) is 2.93. The second kappa shape index (κ2) is 5.85. The van der Waals surface area contributed by atoms with Crippen molar-refractivity contribution in [3.63, 3.8) is 0 Å². The molecule has 0 unspecified atom stereocenters. The summed E-state index contributed by atoms with van der Waals surface area (Å²) in [5.74, 6) is 0.765. The van der Waals surface area contributed by atoms with Crippen molar-refractivity contribution in [3.05, 3.63) is 34.8 Å². The molecule has 1 aromatic heterocycles. The summed E-state index contributed by atoms with van der Waals surface area (Å²) < 4.78 is 14.6. The molecule has 1 aromatic carbocycles. The molecule has 1 saturated heterocycles. The van der Waals surface area contributed by atoms with E-state index in [-0.39, 0.29) is 5.82 Å². The number of nitrogens with one attached hydrogen (secondary N) is 1. The van der Waals surface area contributed by atoms with Gasteiger partial charge in [-0.1, -0.05) is 15.9 Å². The maximum atomic E-state index is 13.9. The molecule has 1 aliphatic rings. The van der Waals surface area contributed by atoms with Gasteiger partial charge in [-0.25, -0.2) is 14.4 Å². The van der Waals surface area contributed by atoms with Crippen LogP contribution >= 0.6 is 15.9 Å². The lowest BCUT2D eigenvalue weighted by Gasteiger charge is -2.19. The number of aromatic nitrogens is 2. The van der Waals surface area contributed by atoms with E-state index in [0.717, 1.165) is 25.9 Å². The predicted molar refractivity (Wildman–Crippen MR) is 85.3 cm³/mol. The first-order valence-electron chi connectivity index (χ1n) is 6.72. The van der Waals surface area contributed by atoms with Crippen LogP contribution in [0.4, 0.5) is 27.4 Å². The highest BCUT2D eigenvalue weighted by Gasteiger charge is 2.19. The number of nitrogens with two attached hydrogens (primary N) is 1. The van der Waals surface area contributed by atoms with Crippen LogP contribution in [0.15, 0.2) is 29.0 Å². The minimum atomic E-state index is -0.370. The monoisotopic (exact) mass is 351 g/mol. The van der Waals surface area contributed by atoms with Crippen LogP contribution in [-0.2, 0) is 0 Å². The molecule has 5 nitrogen and oxygen atoms in total. The van der Waals surface area contributed by atoms with Crippen LogP contribution in [-0.4, -0.2) is 23.1 Å². The largest absolute Gasteiger partial charge is 0.393 e. The number of benzene rings is 1. The molecule has 2 aromatic rings. The molecule has 0 radical (unpaired) electrons. The van der Waals surface area contributed by atoms with E-state index in [2.05, 4.69) is 36.1 Å². The first-order chi connectivity index (χ1) is 10.1. The van der Waals surface area contributed by atoms with Gasteiger partial charge >= 0.3 is 0 Å². The third-order valence-electron chi connectivity index (χ3n) is 3.45. The molecule has 0 amide bonds.